The number of phenolic OH excluding ortho intramolecular Hbond substituents is 1. The van der Waals surface area contributed by atoms with Crippen molar-refractivity contribution in [2.75, 3.05) is 33.8 Å². The van der Waals surface area contributed by atoms with Gasteiger partial charge in [-0.15, -0.1) is 0 Å². The molecule has 0 radical (unpaired) electrons. The third-order valence-electron chi connectivity index (χ3n) is 8.43. The molecule has 0 aliphatic heterocycles. The van der Waals surface area contributed by atoms with E-state index in [1.807, 2.05) is 20.8 Å². The summed E-state index contributed by atoms with van der Waals surface area (Å²) < 4.78 is 5.66. The van der Waals surface area contributed by atoms with Crippen LogP contribution in [-0.2, 0) is 27.3 Å². The molecular weight excluding hydrogens is 554 g/mol. The fourth-order valence-corrected chi connectivity index (χ4v) is 6.76. The van der Waals surface area contributed by atoms with Crippen LogP contribution in [0.5, 0.6) is 5.75 Å². The number of fused-ring (bicyclic) bond motifs is 3. The molecule has 224 valence electrons. The zero-order valence-corrected chi connectivity index (χ0v) is 24.7. The van der Waals surface area contributed by atoms with Crippen molar-refractivity contribution in [1.82, 2.24) is 9.80 Å². The number of primary amides is 1. The van der Waals surface area contributed by atoms with E-state index in [2.05, 4.69) is 4.90 Å². The number of allylic oxidation sites excluding steroid dienone is 1. The Morgan fingerprint density at radius 2 is 1.90 bits per heavy atom. The molecule has 12 heteroatoms. The van der Waals surface area contributed by atoms with E-state index in [1.54, 1.807) is 14.1 Å². The molecule has 0 saturated heterocycles. The Hall–Kier alpha value is -2.96. The maximum Gasteiger partial charge on any atom is 0.255 e. The van der Waals surface area contributed by atoms with E-state index in [4.69, 9.17) is 22.1 Å². The Morgan fingerprint density at radius 3 is 2.46 bits per heavy atom. The predicted molar refractivity (Wildman–Crippen MR) is 151 cm³/mol. The first-order valence-electron chi connectivity index (χ1n) is 13.7. The lowest BCUT2D eigenvalue weighted by Crippen LogP contribution is -2.63. The summed E-state index contributed by atoms with van der Waals surface area (Å²) in [6.45, 7) is 8.15. The second-order valence-electron chi connectivity index (χ2n) is 11.5. The number of ketones is 2. The fraction of sp³-hybridized carbons (Fsp3) is 0.552. The molecule has 1 aromatic rings. The number of carbonyl (C=O) groups excluding carboxylic acids is 3. The first-order chi connectivity index (χ1) is 19.2. The number of phenols is 1. The quantitative estimate of drug-likeness (QED) is 0.267. The van der Waals surface area contributed by atoms with Crippen molar-refractivity contribution < 1.29 is 39.5 Å². The minimum atomic E-state index is -2.68. The molecule has 11 nitrogen and oxygen atoms in total. The van der Waals surface area contributed by atoms with Crippen LogP contribution in [0.15, 0.2) is 28.7 Å². The highest BCUT2D eigenvalue weighted by Crippen LogP contribution is 2.53. The Morgan fingerprint density at radius 1 is 1.24 bits per heavy atom. The molecule has 6 N–H and O–H groups in total. The van der Waals surface area contributed by atoms with Gasteiger partial charge in [-0.05, 0) is 70.4 Å². The first kappa shape index (κ1) is 31.0. The third kappa shape index (κ3) is 5.03. The van der Waals surface area contributed by atoms with E-state index in [0.29, 0.717) is 42.4 Å². The number of hydrogen-bond donors (Lipinski definition) is 5. The van der Waals surface area contributed by atoms with Crippen LogP contribution in [0.1, 0.15) is 48.7 Å². The lowest BCUT2D eigenvalue weighted by Gasteiger charge is -2.50. The van der Waals surface area contributed by atoms with Crippen LogP contribution in [0, 0.1) is 11.8 Å². The predicted octanol–water partition coefficient (Wildman–Crippen LogP) is 2.02. The summed E-state index contributed by atoms with van der Waals surface area (Å²) >= 11 is 6.85. The molecule has 0 spiro atoms. The molecule has 1 aromatic carbocycles. The van der Waals surface area contributed by atoms with Crippen molar-refractivity contribution in [3.63, 3.8) is 0 Å². The smallest absolute Gasteiger partial charge is 0.255 e. The van der Waals surface area contributed by atoms with E-state index in [0.717, 1.165) is 0 Å². The SMILES string of the molecule is CCN(CCOC(C)C)Cc1cc(O)c2c(c1Cl)C[C@H]1C[C@H]3[C@H](N(C)C)C(O)=C(C(N)=O)C(=O)[C@@]3(O)C(O)=C1C2=O. The molecule has 3 aliphatic carbocycles. The molecule has 0 bridgehead atoms. The average molecular weight is 592 g/mol. The van der Waals surface area contributed by atoms with Crippen molar-refractivity contribution in [3.8, 4) is 5.75 Å². The summed E-state index contributed by atoms with van der Waals surface area (Å²) in [5.74, 6) is -6.93. The van der Waals surface area contributed by atoms with Crippen LogP contribution in [0.4, 0.5) is 0 Å². The molecule has 0 unspecified atom stereocenters. The number of aliphatic hydroxyl groups excluding tert-OH is 2. The minimum Gasteiger partial charge on any atom is -0.510 e. The highest BCUT2D eigenvalue weighted by molar-refractivity contribution is 6.33. The van der Waals surface area contributed by atoms with Crippen molar-refractivity contribution in [2.24, 2.45) is 17.6 Å². The molecule has 0 heterocycles. The van der Waals surface area contributed by atoms with Gasteiger partial charge in [-0.25, -0.2) is 0 Å². The summed E-state index contributed by atoms with van der Waals surface area (Å²) in [5.41, 5.74) is 2.56. The summed E-state index contributed by atoms with van der Waals surface area (Å²) in [7, 11) is 3.17. The van der Waals surface area contributed by atoms with Crippen molar-refractivity contribution in [3.05, 3.63) is 50.4 Å². The van der Waals surface area contributed by atoms with E-state index >= 15 is 0 Å². The largest absolute Gasteiger partial charge is 0.510 e. The van der Waals surface area contributed by atoms with E-state index in [1.165, 1.54) is 11.0 Å². The second kappa shape index (κ2) is 11.4. The second-order valence-corrected chi connectivity index (χ2v) is 11.9. The minimum absolute atomic E-state index is 0.000701. The normalized spacial score (nSPS) is 26.1. The van der Waals surface area contributed by atoms with Crippen LogP contribution < -0.4 is 5.73 Å². The highest BCUT2D eigenvalue weighted by atomic mass is 35.5. The van der Waals surface area contributed by atoms with E-state index < -0.39 is 58.0 Å². The van der Waals surface area contributed by atoms with Gasteiger partial charge in [0.15, 0.2) is 11.4 Å². The monoisotopic (exact) mass is 591 g/mol. The summed E-state index contributed by atoms with van der Waals surface area (Å²) in [5, 5.41) is 45.3. The van der Waals surface area contributed by atoms with Gasteiger partial charge < -0.3 is 30.9 Å². The van der Waals surface area contributed by atoms with Gasteiger partial charge in [0.2, 0.25) is 5.78 Å². The average Bonchev–Trinajstić information content (AvgIpc) is 2.87. The number of nitrogens with zero attached hydrogens (tertiary/aromatic N) is 2. The number of likely N-dealkylation sites (N-methyl/N-ethyl adjacent to an activating group) is 2. The van der Waals surface area contributed by atoms with Crippen LogP contribution in [0.25, 0.3) is 0 Å². The zero-order valence-electron chi connectivity index (χ0n) is 23.9. The molecular formula is C29H38ClN3O8. The maximum absolute atomic E-state index is 13.8. The van der Waals surface area contributed by atoms with Crippen LogP contribution in [0.2, 0.25) is 5.02 Å². The molecule has 0 fully saturated rings. The van der Waals surface area contributed by atoms with Gasteiger partial charge in [0.05, 0.1) is 24.3 Å². The summed E-state index contributed by atoms with van der Waals surface area (Å²) in [6, 6.07) is 0.366. The number of aromatic hydroxyl groups is 1. The standard InChI is InChI=1S/C29H38ClN3O8/c1-6-33(7-8-41-13(2)3)12-15-11-18(34)20-16(22(15)30)9-14-10-17-23(32(4)5)25(36)21(28(31)39)27(38)29(17,40)26(37)19(14)24(20)35/h11,13-14,17,23,34,36-37,40H,6-10,12H2,1-5H3,(H2,31,39)/t14-,17-,23-,29-/m0/s1. The van der Waals surface area contributed by atoms with Crippen molar-refractivity contribution in [1.29, 1.82) is 0 Å². The lowest BCUT2D eigenvalue weighted by molar-refractivity contribution is -0.148. The van der Waals surface area contributed by atoms with Crippen molar-refractivity contribution >= 4 is 29.1 Å². The number of hydrogen-bond acceptors (Lipinski definition) is 10. The number of aliphatic hydroxyl groups is 3. The van der Waals surface area contributed by atoms with Crippen LogP contribution in [-0.4, -0.2) is 99.2 Å². The first-order valence-corrected chi connectivity index (χ1v) is 14.1. The van der Waals surface area contributed by atoms with Gasteiger partial charge in [0.25, 0.3) is 5.91 Å². The zero-order chi connectivity index (χ0) is 30.5. The van der Waals surface area contributed by atoms with Gasteiger partial charge in [-0.1, -0.05) is 18.5 Å². The number of amides is 1. The van der Waals surface area contributed by atoms with E-state index in [9.17, 15) is 34.8 Å². The Labute approximate surface area is 243 Å². The van der Waals surface area contributed by atoms with Crippen molar-refractivity contribution in [2.45, 2.75) is 57.9 Å². The van der Waals surface area contributed by atoms with Gasteiger partial charge in [0, 0.05) is 29.6 Å². The number of Topliss-reactive ketones (excluding diaryl/α,β-unsaturated/α-hetero) is 2. The summed E-state index contributed by atoms with van der Waals surface area (Å²) in [6.07, 6.45) is 0.229. The highest BCUT2D eigenvalue weighted by Gasteiger charge is 2.63. The summed E-state index contributed by atoms with van der Waals surface area (Å²) in [4.78, 5) is 42.9. The van der Waals surface area contributed by atoms with E-state index in [-0.39, 0.29) is 35.8 Å². The van der Waals surface area contributed by atoms with Crippen LogP contribution >= 0.6 is 11.6 Å². The lowest BCUT2D eigenvalue weighted by atomic mass is 9.58. The third-order valence-corrected chi connectivity index (χ3v) is 8.90. The number of carbonyl (C=O) groups is 3. The van der Waals surface area contributed by atoms with Gasteiger partial charge in [-0.3, -0.25) is 24.2 Å². The Balaban J connectivity index is 1.78. The molecule has 1 amide bonds. The number of ether oxygens (including phenoxy) is 1. The number of rotatable bonds is 9. The van der Waals surface area contributed by atoms with Crippen LogP contribution in [0.3, 0.4) is 0 Å². The van der Waals surface area contributed by atoms with Gasteiger partial charge in [-0.2, -0.15) is 0 Å². The number of halogens is 1. The molecule has 3 aliphatic rings. The molecule has 0 saturated carbocycles. The number of benzene rings is 1. The van der Waals surface area contributed by atoms with Gasteiger partial charge >= 0.3 is 0 Å². The topological polar surface area (TPSA) is 174 Å². The number of nitrogens with two attached hydrogens (primary N) is 1. The molecule has 0 aromatic heterocycles. The van der Waals surface area contributed by atoms with Gasteiger partial charge in [0.1, 0.15) is 22.8 Å². The molecule has 4 rings (SSSR count). The Kier molecular flexibility index (Phi) is 8.60. The molecule has 4 atom stereocenters. The maximum atomic E-state index is 13.8. The Bertz CT molecular complexity index is 1350. The molecule has 41 heavy (non-hydrogen) atoms. The fourth-order valence-electron chi connectivity index (χ4n) is 6.48.